The second-order valence-corrected chi connectivity index (χ2v) is 7.43. The fourth-order valence-electron chi connectivity index (χ4n) is 2.85. The van der Waals surface area contributed by atoms with Crippen LogP contribution in [-0.4, -0.2) is 55.3 Å². The number of ether oxygens (including phenoxy) is 1. The Kier molecular flexibility index (Phi) is 9.28. The van der Waals surface area contributed by atoms with Crippen LogP contribution >= 0.6 is 24.0 Å². The second-order valence-electron chi connectivity index (χ2n) is 7.43. The molecule has 0 aliphatic carbocycles. The third-order valence-corrected chi connectivity index (χ3v) is 4.03. The fraction of sp³-hybridized carbons (Fsp3) is 0.579. The SMILES string of the molecule is CN=C(NCCc1ccc(F)cc1)N1CCC(NC(=O)OC(C)(C)C)C1.I. The molecule has 1 aromatic carbocycles. The van der Waals surface area contributed by atoms with Crippen molar-refractivity contribution in [2.75, 3.05) is 26.7 Å². The molecule has 0 spiro atoms. The zero-order valence-corrected chi connectivity index (χ0v) is 18.7. The lowest BCUT2D eigenvalue weighted by atomic mass is 10.1. The number of alkyl carbamates (subject to hydrolysis) is 1. The van der Waals surface area contributed by atoms with Gasteiger partial charge in [0.1, 0.15) is 11.4 Å². The molecule has 0 radical (unpaired) electrons. The number of nitrogens with one attached hydrogen (secondary N) is 2. The van der Waals surface area contributed by atoms with Gasteiger partial charge in [-0.05, 0) is 51.3 Å². The van der Waals surface area contributed by atoms with Gasteiger partial charge in [0, 0.05) is 26.7 Å². The first-order valence-electron chi connectivity index (χ1n) is 8.96. The van der Waals surface area contributed by atoms with Crippen LogP contribution in [0.25, 0.3) is 0 Å². The van der Waals surface area contributed by atoms with E-state index in [9.17, 15) is 9.18 Å². The number of carbonyl (C=O) groups excluding carboxylic acids is 1. The van der Waals surface area contributed by atoms with E-state index in [1.54, 1.807) is 19.2 Å². The van der Waals surface area contributed by atoms with E-state index in [4.69, 9.17) is 4.74 Å². The number of hydrogen-bond donors (Lipinski definition) is 2. The van der Waals surface area contributed by atoms with Gasteiger partial charge < -0.3 is 20.3 Å². The first-order chi connectivity index (χ1) is 12.3. The lowest BCUT2D eigenvalue weighted by Crippen LogP contribution is -2.44. The van der Waals surface area contributed by atoms with Crippen molar-refractivity contribution in [1.82, 2.24) is 15.5 Å². The molecule has 1 atom stereocenters. The summed E-state index contributed by atoms with van der Waals surface area (Å²) in [6.07, 6.45) is 1.24. The largest absolute Gasteiger partial charge is 0.444 e. The summed E-state index contributed by atoms with van der Waals surface area (Å²) in [5, 5.41) is 6.24. The molecular weight excluding hydrogens is 462 g/mol. The maximum Gasteiger partial charge on any atom is 0.407 e. The number of amides is 1. The molecule has 2 N–H and O–H groups in total. The number of hydrogen-bond acceptors (Lipinski definition) is 3. The Labute approximate surface area is 178 Å². The van der Waals surface area contributed by atoms with Gasteiger partial charge in [-0.3, -0.25) is 4.99 Å². The van der Waals surface area contributed by atoms with Crippen molar-refractivity contribution >= 4 is 36.0 Å². The lowest BCUT2D eigenvalue weighted by molar-refractivity contribution is 0.0507. The van der Waals surface area contributed by atoms with Crippen LogP contribution in [0.5, 0.6) is 0 Å². The standard InChI is InChI=1S/C19H29FN4O2.HI/c1-19(2,3)26-18(25)23-16-10-12-24(13-16)17(21-4)22-11-9-14-5-7-15(20)8-6-14;/h5-8,16H,9-13H2,1-4H3,(H,21,22)(H,23,25);1H. The van der Waals surface area contributed by atoms with Gasteiger partial charge in [-0.2, -0.15) is 0 Å². The van der Waals surface area contributed by atoms with Gasteiger partial charge in [-0.1, -0.05) is 12.1 Å². The third kappa shape index (κ3) is 8.32. The van der Waals surface area contributed by atoms with Crippen molar-refractivity contribution in [2.45, 2.75) is 45.3 Å². The molecule has 8 heteroatoms. The van der Waals surface area contributed by atoms with E-state index in [2.05, 4.69) is 20.5 Å². The number of guanidine groups is 1. The monoisotopic (exact) mass is 492 g/mol. The van der Waals surface area contributed by atoms with E-state index < -0.39 is 5.60 Å². The van der Waals surface area contributed by atoms with Crippen LogP contribution in [0, 0.1) is 5.82 Å². The summed E-state index contributed by atoms with van der Waals surface area (Å²) < 4.78 is 18.2. The smallest absolute Gasteiger partial charge is 0.407 e. The van der Waals surface area contributed by atoms with Gasteiger partial charge in [0.15, 0.2) is 5.96 Å². The van der Waals surface area contributed by atoms with Crippen molar-refractivity contribution in [3.8, 4) is 0 Å². The summed E-state index contributed by atoms with van der Waals surface area (Å²) in [6.45, 7) is 7.76. The first kappa shape index (κ1) is 23.5. The predicted molar refractivity (Wildman–Crippen MR) is 116 cm³/mol. The average molecular weight is 492 g/mol. The van der Waals surface area contributed by atoms with Gasteiger partial charge in [0.2, 0.25) is 0 Å². The van der Waals surface area contributed by atoms with Crippen LogP contribution in [0.1, 0.15) is 32.8 Å². The zero-order chi connectivity index (χ0) is 19.2. The normalized spacial score (nSPS) is 17.3. The summed E-state index contributed by atoms with van der Waals surface area (Å²) in [5.74, 6) is 0.582. The molecule has 0 bridgehead atoms. The van der Waals surface area contributed by atoms with E-state index in [1.165, 1.54) is 12.1 Å². The molecule has 27 heavy (non-hydrogen) atoms. The van der Waals surface area contributed by atoms with Gasteiger partial charge in [0.05, 0.1) is 6.04 Å². The molecule has 1 fully saturated rings. The number of nitrogens with zero attached hydrogens (tertiary/aromatic N) is 2. The summed E-state index contributed by atoms with van der Waals surface area (Å²) in [7, 11) is 1.74. The van der Waals surface area contributed by atoms with Gasteiger partial charge in [-0.25, -0.2) is 9.18 Å². The molecular formula is C19H30FIN4O2. The molecule has 1 aliphatic rings. The Balaban J connectivity index is 0.00000364. The van der Waals surface area contributed by atoms with E-state index in [0.29, 0.717) is 13.1 Å². The topological polar surface area (TPSA) is 66.0 Å². The predicted octanol–water partition coefficient (Wildman–Crippen LogP) is 3.16. The quantitative estimate of drug-likeness (QED) is 0.385. The highest BCUT2D eigenvalue weighted by atomic mass is 127. The van der Waals surface area contributed by atoms with E-state index in [-0.39, 0.29) is 41.9 Å². The number of benzene rings is 1. The molecule has 1 saturated heterocycles. The number of likely N-dealkylation sites (tertiary alicyclic amines) is 1. The Morgan fingerprint density at radius 3 is 2.59 bits per heavy atom. The molecule has 2 rings (SSSR count). The molecule has 1 aromatic rings. The minimum atomic E-state index is -0.500. The molecule has 152 valence electrons. The lowest BCUT2D eigenvalue weighted by Gasteiger charge is -2.23. The van der Waals surface area contributed by atoms with Crippen molar-refractivity contribution in [2.24, 2.45) is 4.99 Å². The van der Waals surface area contributed by atoms with Crippen molar-refractivity contribution in [1.29, 1.82) is 0 Å². The molecule has 0 aromatic heterocycles. The van der Waals surface area contributed by atoms with Crippen LogP contribution in [0.3, 0.4) is 0 Å². The Morgan fingerprint density at radius 2 is 2.00 bits per heavy atom. The molecule has 6 nitrogen and oxygen atoms in total. The number of rotatable bonds is 4. The van der Waals surface area contributed by atoms with E-state index in [1.807, 2.05) is 20.8 Å². The van der Waals surface area contributed by atoms with Crippen LogP contribution in [0.15, 0.2) is 29.3 Å². The second kappa shape index (κ2) is 10.7. The minimum Gasteiger partial charge on any atom is -0.444 e. The van der Waals surface area contributed by atoms with Gasteiger partial charge >= 0.3 is 6.09 Å². The summed E-state index contributed by atoms with van der Waals surface area (Å²) in [4.78, 5) is 18.3. The van der Waals surface area contributed by atoms with Crippen molar-refractivity contribution in [3.63, 3.8) is 0 Å². The first-order valence-corrected chi connectivity index (χ1v) is 8.96. The van der Waals surface area contributed by atoms with Crippen LogP contribution in [-0.2, 0) is 11.2 Å². The number of aliphatic imine (C=N–C) groups is 1. The maximum absolute atomic E-state index is 12.9. The fourth-order valence-corrected chi connectivity index (χ4v) is 2.85. The van der Waals surface area contributed by atoms with Crippen LogP contribution in [0.2, 0.25) is 0 Å². The summed E-state index contributed by atoms with van der Waals surface area (Å²) >= 11 is 0. The third-order valence-electron chi connectivity index (χ3n) is 4.03. The number of halogens is 2. The summed E-state index contributed by atoms with van der Waals surface area (Å²) in [5.41, 5.74) is 0.570. The van der Waals surface area contributed by atoms with Crippen LogP contribution in [0.4, 0.5) is 9.18 Å². The molecule has 1 unspecified atom stereocenters. The molecule has 0 saturated carbocycles. The zero-order valence-electron chi connectivity index (χ0n) is 16.4. The highest BCUT2D eigenvalue weighted by Gasteiger charge is 2.27. The highest BCUT2D eigenvalue weighted by Crippen LogP contribution is 2.12. The van der Waals surface area contributed by atoms with Gasteiger partial charge in [0.25, 0.3) is 0 Å². The highest BCUT2D eigenvalue weighted by molar-refractivity contribution is 14.0. The van der Waals surface area contributed by atoms with Crippen molar-refractivity contribution in [3.05, 3.63) is 35.6 Å². The minimum absolute atomic E-state index is 0. The molecule has 1 amide bonds. The van der Waals surface area contributed by atoms with Crippen LogP contribution < -0.4 is 10.6 Å². The van der Waals surface area contributed by atoms with Crippen molar-refractivity contribution < 1.29 is 13.9 Å². The Morgan fingerprint density at radius 1 is 1.33 bits per heavy atom. The Bertz CT molecular complexity index is 632. The molecule has 1 heterocycles. The summed E-state index contributed by atoms with van der Waals surface area (Å²) in [6, 6.07) is 6.56. The van der Waals surface area contributed by atoms with Gasteiger partial charge in [-0.15, -0.1) is 24.0 Å². The molecule has 1 aliphatic heterocycles. The van der Waals surface area contributed by atoms with E-state index in [0.717, 1.165) is 30.9 Å². The average Bonchev–Trinajstić information content (AvgIpc) is 2.99. The Hall–Kier alpha value is -1.58. The number of carbonyl (C=O) groups is 1. The van der Waals surface area contributed by atoms with E-state index >= 15 is 0 Å². The maximum atomic E-state index is 12.9.